The fourth-order valence-electron chi connectivity index (χ4n) is 8.79. The molecule has 0 radical (unpaired) electrons. The van der Waals surface area contributed by atoms with Crippen LogP contribution in [0.3, 0.4) is 0 Å². The molecular weight excluding hydrogens is 626 g/mol. The highest BCUT2D eigenvalue weighted by Gasteiger charge is 2.41. The lowest BCUT2D eigenvalue weighted by Gasteiger charge is -2.37. The Morgan fingerprint density at radius 2 is 1.53 bits per heavy atom. The van der Waals surface area contributed by atoms with Gasteiger partial charge in [0.25, 0.3) is 5.69 Å². The van der Waals surface area contributed by atoms with Gasteiger partial charge in [0.1, 0.15) is 0 Å². The molecule has 4 aromatic carbocycles. The maximum absolute atomic E-state index is 12.3. The third-order valence-corrected chi connectivity index (χ3v) is 11.1. The third kappa shape index (κ3) is 4.32. The second-order valence-electron chi connectivity index (χ2n) is 13.1. The second kappa shape index (κ2) is 11.4. The number of benzene rings is 4. The first kappa shape index (κ1) is 29.7. The minimum absolute atomic E-state index is 0.0322. The Hall–Kier alpha value is -5.39. The van der Waals surface area contributed by atoms with Gasteiger partial charge >= 0.3 is 0 Å². The van der Waals surface area contributed by atoms with Gasteiger partial charge in [0.15, 0.2) is 0 Å². The average molecular weight is 660 g/mol. The molecule has 9 rings (SSSR count). The van der Waals surface area contributed by atoms with E-state index in [2.05, 4.69) is 133 Å². The molecule has 3 atom stereocenters. The van der Waals surface area contributed by atoms with Gasteiger partial charge in [-0.1, -0.05) is 109 Å². The molecule has 3 aliphatic carbocycles. The quantitative estimate of drug-likeness (QED) is 0.135. The summed E-state index contributed by atoms with van der Waals surface area (Å²) in [4.78, 5) is 14.4. The number of aromatic nitrogens is 1. The first-order chi connectivity index (χ1) is 24.0. The van der Waals surface area contributed by atoms with Crippen molar-refractivity contribution in [1.82, 2.24) is 9.47 Å². The monoisotopic (exact) mass is 659 g/mol. The van der Waals surface area contributed by atoms with Crippen molar-refractivity contribution in [3.8, 4) is 0 Å². The number of nitrogens with zero attached hydrogens (tertiary/aromatic N) is 3. The van der Waals surface area contributed by atoms with Crippen molar-refractivity contribution in [1.29, 1.82) is 0 Å². The molecule has 0 amide bonds. The smallest absolute Gasteiger partial charge is 0.269 e. The normalized spacial score (nSPS) is 20.0. The van der Waals surface area contributed by atoms with Crippen molar-refractivity contribution in [3.05, 3.63) is 182 Å². The van der Waals surface area contributed by atoms with Gasteiger partial charge in [0, 0.05) is 75.0 Å². The first-order valence-electron chi connectivity index (χ1n) is 17.0. The summed E-state index contributed by atoms with van der Waals surface area (Å²) in [5.41, 5.74) is 10.4. The Balaban J connectivity index is 1.41. The van der Waals surface area contributed by atoms with E-state index in [-0.39, 0.29) is 28.5 Å². The van der Waals surface area contributed by atoms with Gasteiger partial charge in [0.05, 0.1) is 16.5 Å². The minimum atomic E-state index is -0.367. The summed E-state index contributed by atoms with van der Waals surface area (Å²) >= 11 is 7.16. The molecule has 0 N–H and O–H groups in total. The Morgan fingerprint density at radius 1 is 0.796 bits per heavy atom. The molecule has 6 heteroatoms. The van der Waals surface area contributed by atoms with E-state index in [0.717, 1.165) is 40.6 Å². The minimum Gasteiger partial charge on any atom is -0.360 e. The van der Waals surface area contributed by atoms with Gasteiger partial charge in [-0.05, 0) is 65.3 Å². The molecule has 240 valence electrons. The second-order valence-corrected chi connectivity index (χ2v) is 13.5. The highest BCUT2D eigenvalue weighted by Crippen LogP contribution is 2.53. The summed E-state index contributed by atoms with van der Waals surface area (Å²) in [6.45, 7) is 6.13. The Bertz CT molecular complexity index is 2490. The number of nitro benzene ring substituents is 1. The molecule has 1 aromatic heterocycles. The largest absolute Gasteiger partial charge is 0.360 e. The molecule has 3 unspecified atom stereocenters. The Morgan fingerprint density at radius 3 is 2.31 bits per heavy atom. The van der Waals surface area contributed by atoms with Gasteiger partial charge in [0.2, 0.25) is 0 Å². The van der Waals surface area contributed by atoms with Crippen LogP contribution in [0.2, 0.25) is 5.02 Å². The molecule has 0 saturated heterocycles. The summed E-state index contributed by atoms with van der Waals surface area (Å²) < 4.78 is 2.40. The van der Waals surface area contributed by atoms with E-state index in [4.69, 9.17) is 11.6 Å². The van der Waals surface area contributed by atoms with Crippen LogP contribution in [-0.2, 0) is 6.54 Å². The van der Waals surface area contributed by atoms with Crippen LogP contribution in [0.5, 0.6) is 0 Å². The number of halogens is 1. The first-order valence-corrected chi connectivity index (χ1v) is 17.4. The highest BCUT2D eigenvalue weighted by atomic mass is 35.5. The van der Waals surface area contributed by atoms with E-state index < -0.39 is 0 Å². The van der Waals surface area contributed by atoms with E-state index in [1.165, 1.54) is 50.3 Å². The van der Waals surface area contributed by atoms with Crippen LogP contribution in [0.15, 0.2) is 155 Å². The third-order valence-electron chi connectivity index (χ3n) is 10.8. The number of aryl methyl sites for hydroxylation is 1. The number of rotatable bonds is 6. The lowest BCUT2D eigenvalue weighted by Crippen LogP contribution is -2.32. The van der Waals surface area contributed by atoms with Crippen molar-refractivity contribution in [2.75, 3.05) is 6.54 Å². The summed E-state index contributed by atoms with van der Waals surface area (Å²) in [6.07, 6.45) is 19.9. The molecule has 4 aliphatic rings. The Labute approximate surface area is 289 Å². The fourth-order valence-corrected chi connectivity index (χ4v) is 9.02. The zero-order valence-corrected chi connectivity index (χ0v) is 28.1. The summed E-state index contributed by atoms with van der Waals surface area (Å²) in [5.74, 6) is -0.410. The molecule has 1 aliphatic heterocycles. The van der Waals surface area contributed by atoms with E-state index in [1.54, 1.807) is 12.1 Å². The van der Waals surface area contributed by atoms with Crippen LogP contribution in [0, 0.1) is 16.0 Å². The maximum Gasteiger partial charge on any atom is 0.269 e. The van der Waals surface area contributed by atoms with Gasteiger partial charge in [-0.2, -0.15) is 0 Å². The molecule has 0 saturated carbocycles. The average Bonchev–Trinajstić information content (AvgIpc) is 3.64. The molecule has 0 spiro atoms. The van der Waals surface area contributed by atoms with E-state index in [9.17, 15) is 10.1 Å². The molecule has 49 heavy (non-hydrogen) atoms. The van der Waals surface area contributed by atoms with Crippen LogP contribution in [0.25, 0.3) is 32.6 Å². The van der Waals surface area contributed by atoms with Gasteiger partial charge in [-0.25, -0.2) is 0 Å². The predicted molar refractivity (Wildman–Crippen MR) is 201 cm³/mol. The molecule has 5 nitrogen and oxygen atoms in total. The van der Waals surface area contributed by atoms with Crippen molar-refractivity contribution in [2.45, 2.75) is 32.4 Å². The van der Waals surface area contributed by atoms with E-state index in [0.29, 0.717) is 5.02 Å². The number of hydrogen-bond acceptors (Lipinski definition) is 3. The summed E-state index contributed by atoms with van der Waals surface area (Å²) in [5, 5.41) is 17.4. The van der Waals surface area contributed by atoms with Crippen LogP contribution >= 0.6 is 11.6 Å². The lowest BCUT2D eigenvalue weighted by molar-refractivity contribution is -0.384. The van der Waals surface area contributed by atoms with Crippen LogP contribution in [0.4, 0.5) is 5.69 Å². The van der Waals surface area contributed by atoms with Crippen molar-refractivity contribution < 1.29 is 4.92 Å². The summed E-state index contributed by atoms with van der Waals surface area (Å²) in [6, 6.07) is 24.6. The maximum atomic E-state index is 12.3. The molecule has 5 aromatic rings. The lowest BCUT2D eigenvalue weighted by atomic mass is 9.70. The Kier molecular flexibility index (Phi) is 6.89. The number of nitro groups is 1. The van der Waals surface area contributed by atoms with Gasteiger partial charge in [-0.3, -0.25) is 10.1 Å². The molecule has 2 heterocycles. The number of likely N-dealkylation sites (N-methyl/N-ethyl adjacent to an activating group) is 1. The van der Waals surface area contributed by atoms with Crippen molar-refractivity contribution >= 4 is 49.9 Å². The SMILES string of the molecule is CCN1C2=C3C=CC=CC3C(C(c3cc([N+](=O)[O-])ccc3Cl)c3cc4c5ccccc5n(CC)c4c4ccccc34)=CC2=C2C=CC=CC21. The molecular formula is C43H34ClN3O2. The topological polar surface area (TPSA) is 51.3 Å². The fraction of sp³-hybridized carbons (Fsp3) is 0.163. The zero-order chi connectivity index (χ0) is 33.4. The highest BCUT2D eigenvalue weighted by molar-refractivity contribution is 6.31. The number of allylic oxidation sites excluding steroid dienone is 9. The molecule has 0 bridgehead atoms. The molecule has 0 fully saturated rings. The number of para-hydroxylation sites is 1. The van der Waals surface area contributed by atoms with E-state index >= 15 is 0 Å². The number of fused-ring (bicyclic) bond motifs is 8. The van der Waals surface area contributed by atoms with Crippen molar-refractivity contribution in [2.24, 2.45) is 5.92 Å². The van der Waals surface area contributed by atoms with Crippen molar-refractivity contribution in [3.63, 3.8) is 0 Å². The van der Waals surface area contributed by atoms with Crippen LogP contribution in [0.1, 0.15) is 30.9 Å². The van der Waals surface area contributed by atoms with Gasteiger partial charge < -0.3 is 9.47 Å². The zero-order valence-electron chi connectivity index (χ0n) is 27.3. The van der Waals surface area contributed by atoms with Crippen LogP contribution < -0.4 is 0 Å². The van der Waals surface area contributed by atoms with Gasteiger partial charge in [-0.15, -0.1) is 0 Å². The van der Waals surface area contributed by atoms with E-state index in [1.807, 2.05) is 0 Å². The summed E-state index contributed by atoms with van der Waals surface area (Å²) in [7, 11) is 0. The predicted octanol–water partition coefficient (Wildman–Crippen LogP) is 10.7. The number of non-ortho nitro benzene ring substituents is 1. The van der Waals surface area contributed by atoms with Crippen LogP contribution in [-0.4, -0.2) is 27.0 Å². The standard InChI is InChI=1S/C43H34ClN3O2/c1-3-45-39-19-11-9-15-29(39)35-24-33(27-13-5-7-17-31(27)42(35)45)41(37-23-26(47(48)49)21-22-38(37)44)34-25-36-30-16-10-12-20-40(30)46(4-2)43(36)32-18-8-6-14-28(32)34/h5-25,27,39,41H,3-4H2,1-2H3. The number of hydrogen-bond donors (Lipinski definition) is 0.